The molecule has 25 heavy (non-hydrogen) atoms. The lowest BCUT2D eigenvalue weighted by Gasteiger charge is -2.21. The average Bonchev–Trinajstić information content (AvgIpc) is 2.62. The molecule has 0 unspecified atom stereocenters. The molecular weight excluding hydrogens is 314 g/mol. The molecule has 2 atom stereocenters. The van der Waals surface area contributed by atoms with Crippen LogP contribution in [0.4, 0.5) is 0 Å². The quantitative estimate of drug-likeness (QED) is 0.686. The predicted octanol–water partition coefficient (Wildman–Crippen LogP) is 4.22. The van der Waals surface area contributed by atoms with Crippen molar-refractivity contribution in [3.63, 3.8) is 0 Å². The third-order valence-electron chi connectivity index (χ3n) is 4.76. The van der Waals surface area contributed by atoms with Gasteiger partial charge in [0.25, 0.3) is 5.91 Å². The van der Waals surface area contributed by atoms with Gasteiger partial charge in [-0.05, 0) is 33.5 Å². The SMILES string of the molecule is CC[C@@H](C)[C@@H](NC(=O)c1c2ccccc2cc2ccccc12)C(=O)O. The summed E-state index contributed by atoms with van der Waals surface area (Å²) in [5, 5.41) is 15.8. The smallest absolute Gasteiger partial charge is 0.326 e. The number of nitrogens with one attached hydrogen (secondary N) is 1. The fourth-order valence-electron chi connectivity index (χ4n) is 3.15. The number of carbonyl (C=O) groups excluding carboxylic acids is 1. The monoisotopic (exact) mass is 335 g/mol. The summed E-state index contributed by atoms with van der Waals surface area (Å²) in [6, 6.07) is 16.5. The Kier molecular flexibility index (Phi) is 4.70. The Bertz CT molecular complexity index is 894. The van der Waals surface area contributed by atoms with E-state index >= 15 is 0 Å². The molecule has 4 nitrogen and oxygen atoms in total. The Morgan fingerprint density at radius 1 is 1.00 bits per heavy atom. The Morgan fingerprint density at radius 2 is 1.52 bits per heavy atom. The molecule has 3 aromatic carbocycles. The second-order valence-corrected chi connectivity index (χ2v) is 6.37. The minimum Gasteiger partial charge on any atom is -0.480 e. The highest BCUT2D eigenvalue weighted by atomic mass is 16.4. The van der Waals surface area contributed by atoms with Crippen LogP contribution in [-0.2, 0) is 4.79 Å². The summed E-state index contributed by atoms with van der Waals surface area (Å²) < 4.78 is 0. The number of amides is 1. The molecule has 0 aromatic heterocycles. The van der Waals surface area contributed by atoms with Crippen LogP contribution in [0.15, 0.2) is 54.6 Å². The van der Waals surface area contributed by atoms with E-state index in [1.54, 1.807) is 0 Å². The maximum atomic E-state index is 13.0. The molecule has 0 aliphatic heterocycles. The van der Waals surface area contributed by atoms with Crippen molar-refractivity contribution < 1.29 is 14.7 Å². The van der Waals surface area contributed by atoms with Gasteiger partial charge in [-0.15, -0.1) is 0 Å². The summed E-state index contributed by atoms with van der Waals surface area (Å²) in [4.78, 5) is 24.6. The zero-order chi connectivity index (χ0) is 18.0. The van der Waals surface area contributed by atoms with E-state index in [-0.39, 0.29) is 11.8 Å². The van der Waals surface area contributed by atoms with E-state index in [4.69, 9.17) is 0 Å². The van der Waals surface area contributed by atoms with E-state index < -0.39 is 12.0 Å². The molecule has 0 saturated carbocycles. The van der Waals surface area contributed by atoms with Crippen molar-refractivity contribution in [2.24, 2.45) is 5.92 Å². The van der Waals surface area contributed by atoms with Gasteiger partial charge in [-0.2, -0.15) is 0 Å². The summed E-state index contributed by atoms with van der Waals surface area (Å²) in [5.41, 5.74) is 0.531. The van der Waals surface area contributed by atoms with E-state index in [1.807, 2.05) is 68.4 Å². The van der Waals surface area contributed by atoms with Crippen LogP contribution in [0.25, 0.3) is 21.5 Å². The lowest BCUT2D eigenvalue weighted by Crippen LogP contribution is -2.45. The molecule has 0 bridgehead atoms. The molecule has 0 aliphatic carbocycles. The Morgan fingerprint density at radius 3 is 2.00 bits per heavy atom. The van der Waals surface area contributed by atoms with Crippen molar-refractivity contribution in [2.45, 2.75) is 26.3 Å². The van der Waals surface area contributed by atoms with Crippen molar-refractivity contribution in [1.29, 1.82) is 0 Å². The standard InChI is InChI=1S/C21H21NO3/c1-3-13(2)19(21(24)25)22-20(23)18-16-10-6-4-8-14(16)12-15-9-5-7-11-17(15)18/h4-13,19H,3H2,1-2H3,(H,22,23)(H,24,25)/t13-,19-/m1/s1. The second kappa shape index (κ2) is 6.93. The van der Waals surface area contributed by atoms with Gasteiger partial charge in [-0.3, -0.25) is 4.79 Å². The lowest BCUT2D eigenvalue weighted by molar-refractivity contribution is -0.140. The predicted molar refractivity (Wildman–Crippen MR) is 99.8 cm³/mol. The zero-order valence-corrected chi connectivity index (χ0v) is 14.3. The normalized spacial score (nSPS) is 13.5. The van der Waals surface area contributed by atoms with Crippen LogP contribution < -0.4 is 5.32 Å². The van der Waals surface area contributed by atoms with E-state index in [0.717, 1.165) is 21.5 Å². The molecule has 2 N–H and O–H groups in total. The van der Waals surface area contributed by atoms with E-state index in [2.05, 4.69) is 5.32 Å². The van der Waals surface area contributed by atoms with Crippen LogP contribution in [0.2, 0.25) is 0 Å². The van der Waals surface area contributed by atoms with Crippen LogP contribution in [0.3, 0.4) is 0 Å². The van der Waals surface area contributed by atoms with Crippen LogP contribution in [-0.4, -0.2) is 23.0 Å². The number of carboxylic acids is 1. The van der Waals surface area contributed by atoms with Gasteiger partial charge in [0.1, 0.15) is 6.04 Å². The van der Waals surface area contributed by atoms with Crippen molar-refractivity contribution in [2.75, 3.05) is 0 Å². The highest BCUT2D eigenvalue weighted by Gasteiger charge is 2.27. The maximum Gasteiger partial charge on any atom is 0.326 e. The van der Waals surface area contributed by atoms with Gasteiger partial charge in [0.05, 0.1) is 5.56 Å². The van der Waals surface area contributed by atoms with Gasteiger partial charge in [0.2, 0.25) is 0 Å². The third-order valence-corrected chi connectivity index (χ3v) is 4.76. The number of carbonyl (C=O) groups is 2. The number of hydrogen-bond acceptors (Lipinski definition) is 2. The lowest BCUT2D eigenvalue weighted by atomic mass is 9.94. The van der Waals surface area contributed by atoms with Crippen LogP contribution in [0.1, 0.15) is 30.6 Å². The summed E-state index contributed by atoms with van der Waals surface area (Å²) >= 11 is 0. The Labute approximate surface area is 146 Å². The summed E-state index contributed by atoms with van der Waals surface area (Å²) in [7, 11) is 0. The number of hydrogen-bond donors (Lipinski definition) is 2. The van der Waals surface area contributed by atoms with Crippen molar-refractivity contribution in [3.8, 4) is 0 Å². The van der Waals surface area contributed by atoms with Gasteiger partial charge in [-0.1, -0.05) is 68.8 Å². The summed E-state index contributed by atoms with van der Waals surface area (Å²) in [6.07, 6.45) is 0.674. The summed E-state index contributed by atoms with van der Waals surface area (Å²) in [6.45, 7) is 3.75. The first-order valence-electron chi connectivity index (χ1n) is 8.47. The molecule has 4 heteroatoms. The number of fused-ring (bicyclic) bond motifs is 2. The number of rotatable bonds is 5. The first kappa shape index (κ1) is 17.0. The molecule has 0 fully saturated rings. The third kappa shape index (κ3) is 3.20. The van der Waals surface area contributed by atoms with Gasteiger partial charge in [0.15, 0.2) is 0 Å². The second-order valence-electron chi connectivity index (χ2n) is 6.37. The molecule has 0 heterocycles. The van der Waals surface area contributed by atoms with E-state index in [0.29, 0.717) is 12.0 Å². The Balaban J connectivity index is 2.15. The zero-order valence-electron chi connectivity index (χ0n) is 14.3. The minimum atomic E-state index is -1.01. The molecule has 3 aromatic rings. The van der Waals surface area contributed by atoms with Crippen LogP contribution in [0.5, 0.6) is 0 Å². The van der Waals surface area contributed by atoms with Gasteiger partial charge >= 0.3 is 5.97 Å². The molecule has 0 saturated heterocycles. The Hall–Kier alpha value is -2.88. The largest absolute Gasteiger partial charge is 0.480 e. The van der Waals surface area contributed by atoms with E-state index in [9.17, 15) is 14.7 Å². The molecule has 0 radical (unpaired) electrons. The molecule has 0 aliphatic rings. The van der Waals surface area contributed by atoms with Crippen molar-refractivity contribution >= 4 is 33.4 Å². The van der Waals surface area contributed by atoms with Gasteiger partial charge in [-0.25, -0.2) is 4.79 Å². The number of carboxylic acid groups (broad SMARTS) is 1. The van der Waals surface area contributed by atoms with Crippen LogP contribution in [0, 0.1) is 5.92 Å². The molecule has 0 spiro atoms. The summed E-state index contributed by atoms with van der Waals surface area (Å²) in [5.74, 6) is -1.50. The molecular formula is C21H21NO3. The van der Waals surface area contributed by atoms with Crippen molar-refractivity contribution in [1.82, 2.24) is 5.32 Å². The number of aliphatic carboxylic acids is 1. The van der Waals surface area contributed by atoms with Gasteiger partial charge in [0, 0.05) is 0 Å². The maximum absolute atomic E-state index is 13.0. The molecule has 128 valence electrons. The van der Waals surface area contributed by atoms with Crippen molar-refractivity contribution in [3.05, 3.63) is 60.2 Å². The number of benzene rings is 3. The highest BCUT2D eigenvalue weighted by Crippen LogP contribution is 2.28. The average molecular weight is 335 g/mol. The minimum absolute atomic E-state index is 0.150. The first-order valence-corrected chi connectivity index (χ1v) is 8.47. The fraction of sp³-hybridized carbons (Fsp3) is 0.238. The molecule has 1 amide bonds. The van der Waals surface area contributed by atoms with E-state index in [1.165, 1.54) is 0 Å². The topological polar surface area (TPSA) is 66.4 Å². The first-order chi connectivity index (χ1) is 12.0. The van der Waals surface area contributed by atoms with Crippen LogP contribution >= 0.6 is 0 Å². The highest BCUT2D eigenvalue weighted by molar-refractivity contribution is 6.18. The van der Waals surface area contributed by atoms with Gasteiger partial charge < -0.3 is 10.4 Å². The molecule has 3 rings (SSSR count). The fourth-order valence-corrected chi connectivity index (χ4v) is 3.15.